The first-order chi connectivity index (χ1) is 14.2. The molecule has 2 fully saturated rings. The summed E-state index contributed by atoms with van der Waals surface area (Å²) in [5.74, 6) is 1.34. The second-order valence-corrected chi connectivity index (χ2v) is 7.34. The minimum atomic E-state index is -0.241. The van der Waals surface area contributed by atoms with E-state index in [2.05, 4.69) is 29.2 Å². The van der Waals surface area contributed by atoms with E-state index in [1.54, 1.807) is 14.2 Å². The van der Waals surface area contributed by atoms with E-state index in [9.17, 15) is 4.79 Å². The van der Waals surface area contributed by atoms with Crippen LogP contribution in [0.5, 0.6) is 11.5 Å². The maximum absolute atomic E-state index is 12.4. The topological polar surface area (TPSA) is 51.2 Å². The van der Waals surface area contributed by atoms with Crippen LogP contribution in [0, 0.1) is 0 Å². The molecule has 1 amide bonds. The maximum Gasteiger partial charge on any atom is 0.410 e. The number of carbonyl (C=O) groups excluding carboxylic acids is 1. The van der Waals surface area contributed by atoms with Crippen molar-refractivity contribution in [3.8, 4) is 11.5 Å². The molecule has 2 aliphatic rings. The number of ether oxygens (including phenoxy) is 3. The van der Waals surface area contributed by atoms with Crippen LogP contribution >= 0.6 is 0 Å². The van der Waals surface area contributed by atoms with Gasteiger partial charge in [-0.2, -0.15) is 0 Å². The lowest BCUT2D eigenvalue weighted by Crippen LogP contribution is -2.37. The molecular formula is C23H26N2O4. The molecule has 2 heterocycles. The number of hydrogen-bond donors (Lipinski definition) is 0. The van der Waals surface area contributed by atoms with E-state index in [1.165, 1.54) is 5.56 Å². The van der Waals surface area contributed by atoms with Gasteiger partial charge in [0.05, 0.1) is 20.3 Å². The van der Waals surface area contributed by atoms with Crippen LogP contribution in [-0.2, 0) is 11.3 Å². The maximum atomic E-state index is 12.4. The quantitative estimate of drug-likeness (QED) is 0.720. The molecule has 2 saturated heterocycles. The Kier molecular flexibility index (Phi) is 5.71. The fraction of sp³-hybridized carbons (Fsp3) is 0.348. The van der Waals surface area contributed by atoms with E-state index >= 15 is 0 Å². The largest absolute Gasteiger partial charge is 0.493 e. The molecule has 6 heteroatoms. The van der Waals surface area contributed by atoms with Crippen LogP contribution in [0.2, 0.25) is 0 Å². The molecule has 2 atom stereocenters. The molecular weight excluding hydrogens is 368 g/mol. The molecule has 0 radical (unpaired) electrons. The number of likely N-dealkylation sites (tertiary alicyclic amines) is 1. The second-order valence-electron chi connectivity index (χ2n) is 7.34. The zero-order chi connectivity index (χ0) is 20.2. The SMILES string of the molecule is COc1ccc(CN2C(=O)O[C@H]3CN(C/C=C/c4ccccc4)C[C@H]32)cc1OC. The number of benzene rings is 2. The van der Waals surface area contributed by atoms with Crippen molar-refractivity contribution >= 4 is 12.2 Å². The lowest BCUT2D eigenvalue weighted by Gasteiger charge is -2.22. The predicted molar refractivity (Wildman–Crippen MR) is 111 cm³/mol. The van der Waals surface area contributed by atoms with Crippen LogP contribution in [0.1, 0.15) is 11.1 Å². The van der Waals surface area contributed by atoms with E-state index in [0.29, 0.717) is 18.0 Å². The second kappa shape index (κ2) is 8.57. The zero-order valence-corrected chi connectivity index (χ0v) is 16.8. The number of carbonyl (C=O) groups is 1. The molecule has 0 aromatic heterocycles. The van der Waals surface area contributed by atoms with Gasteiger partial charge in [0.15, 0.2) is 11.5 Å². The van der Waals surface area contributed by atoms with Crippen LogP contribution in [0.3, 0.4) is 0 Å². The minimum Gasteiger partial charge on any atom is -0.493 e. The van der Waals surface area contributed by atoms with E-state index < -0.39 is 0 Å². The highest BCUT2D eigenvalue weighted by Crippen LogP contribution is 2.31. The molecule has 0 spiro atoms. The Bertz CT molecular complexity index is 884. The van der Waals surface area contributed by atoms with Gasteiger partial charge < -0.3 is 14.2 Å². The van der Waals surface area contributed by atoms with Gasteiger partial charge in [0.1, 0.15) is 6.10 Å². The molecule has 2 aromatic carbocycles. The van der Waals surface area contributed by atoms with Gasteiger partial charge in [-0.25, -0.2) is 4.79 Å². The Morgan fingerprint density at radius 3 is 2.62 bits per heavy atom. The third kappa shape index (κ3) is 4.22. The van der Waals surface area contributed by atoms with Crippen LogP contribution in [-0.4, -0.2) is 61.9 Å². The first-order valence-corrected chi connectivity index (χ1v) is 9.80. The summed E-state index contributed by atoms with van der Waals surface area (Å²) >= 11 is 0. The van der Waals surface area contributed by atoms with Crippen molar-refractivity contribution in [3.63, 3.8) is 0 Å². The summed E-state index contributed by atoms with van der Waals surface area (Å²) in [4.78, 5) is 16.5. The monoisotopic (exact) mass is 394 g/mol. The van der Waals surface area contributed by atoms with E-state index in [1.807, 2.05) is 41.3 Å². The molecule has 6 nitrogen and oxygen atoms in total. The van der Waals surface area contributed by atoms with Gasteiger partial charge in [0, 0.05) is 26.2 Å². The number of hydrogen-bond acceptors (Lipinski definition) is 5. The summed E-state index contributed by atoms with van der Waals surface area (Å²) in [5, 5.41) is 0. The summed E-state index contributed by atoms with van der Waals surface area (Å²) < 4.78 is 16.3. The summed E-state index contributed by atoms with van der Waals surface area (Å²) in [6, 6.07) is 16.1. The summed E-state index contributed by atoms with van der Waals surface area (Å²) in [6.45, 7) is 2.90. The standard InChI is InChI=1S/C23H26N2O4/c1-27-20-11-10-18(13-21(20)28-2)14-25-19-15-24(16-22(19)29-23(25)26)12-6-9-17-7-4-3-5-8-17/h3-11,13,19,22H,12,14-16H2,1-2H3/b9-6+/t19-,22+/m1/s1. The minimum absolute atomic E-state index is 0.0701. The smallest absolute Gasteiger partial charge is 0.410 e. The lowest BCUT2D eigenvalue weighted by molar-refractivity contribution is 0.122. The summed E-state index contributed by atoms with van der Waals surface area (Å²) in [7, 11) is 3.22. The molecule has 0 saturated carbocycles. The third-order valence-electron chi connectivity index (χ3n) is 5.47. The van der Waals surface area contributed by atoms with Crippen molar-refractivity contribution in [2.24, 2.45) is 0 Å². The van der Waals surface area contributed by atoms with Crippen LogP contribution in [0.4, 0.5) is 4.79 Å². The molecule has 4 rings (SSSR count). The van der Waals surface area contributed by atoms with Crippen LogP contribution in [0.25, 0.3) is 6.08 Å². The Labute approximate surface area is 171 Å². The van der Waals surface area contributed by atoms with E-state index in [4.69, 9.17) is 14.2 Å². The van der Waals surface area contributed by atoms with Crippen molar-refractivity contribution in [1.29, 1.82) is 0 Å². The molecule has 0 N–H and O–H groups in total. The molecule has 152 valence electrons. The fourth-order valence-electron chi connectivity index (χ4n) is 3.99. The molecule has 2 aromatic rings. The summed E-state index contributed by atoms with van der Waals surface area (Å²) in [6.07, 6.45) is 3.97. The van der Waals surface area contributed by atoms with Crippen molar-refractivity contribution < 1.29 is 19.0 Å². The van der Waals surface area contributed by atoms with Crippen molar-refractivity contribution in [2.45, 2.75) is 18.7 Å². The first kappa shape index (κ1) is 19.3. The number of methoxy groups -OCH3 is 2. The van der Waals surface area contributed by atoms with Gasteiger partial charge in [0.25, 0.3) is 0 Å². The number of nitrogens with zero attached hydrogens (tertiary/aromatic N) is 2. The molecule has 0 aliphatic carbocycles. The van der Waals surface area contributed by atoms with Crippen LogP contribution in [0.15, 0.2) is 54.6 Å². The van der Waals surface area contributed by atoms with Gasteiger partial charge in [-0.05, 0) is 23.3 Å². The van der Waals surface area contributed by atoms with Gasteiger partial charge >= 0.3 is 6.09 Å². The Morgan fingerprint density at radius 2 is 1.86 bits per heavy atom. The number of rotatable bonds is 7. The highest BCUT2D eigenvalue weighted by atomic mass is 16.6. The van der Waals surface area contributed by atoms with E-state index in [0.717, 1.165) is 25.2 Å². The Balaban J connectivity index is 1.39. The molecule has 29 heavy (non-hydrogen) atoms. The lowest BCUT2D eigenvalue weighted by atomic mass is 10.1. The summed E-state index contributed by atoms with van der Waals surface area (Å²) in [5.41, 5.74) is 2.18. The van der Waals surface area contributed by atoms with Gasteiger partial charge in [-0.15, -0.1) is 0 Å². The Hall–Kier alpha value is -2.99. The normalized spacial score (nSPS) is 21.4. The average molecular weight is 394 g/mol. The van der Waals surface area contributed by atoms with Crippen molar-refractivity contribution in [3.05, 3.63) is 65.7 Å². The Morgan fingerprint density at radius 1 is 1.07 bits per heavy atom. The fourth-order valence-corrected chi connectivity index (χ4v) is 3.99. The average Bonchev–Trinajstić information content (AvgIpc) is 3.26. The van der Waals surface area contributed by atoms with Gasteiger partial charge in [0.2, 0.25) is 0 Å². The first-order valence-electron chi connectivity index (χ1n) is 9.80. The molecule has 0 bridgehead atoms. The highest BCUT2D eigenvalue weighted by Gasteiger charge is 2.47. The molecule has 0 unspecified atom stereocenters. The third-order valence-corrected chi connectivity index (χ3v) is 5.47. The number of fused-ring (bicyclic) bond motifs is 1. The molecule has 2 aliphatic heterocycles. The van der Waals surface area contributed by atoms with Gasteiger partial charge in [-0.3, -0.25) is 9.80 Å². The van der Waals surface area contributed by atoms with Crippen molar-refractivity contribution in [1.82, 2.24) is 9.80 Å². The highest BCUT2D eigenvalue weighted by molar-refractivity contribution is 5.71. The van der Waals surface area contributed by atoms with Crippen LogP contribution < -0.4 is 9.47 Å². The van der Waals surface area contributed by atoms with Gasteiger partial charge in [-0.1, -0.05) is 48.6 Å². The van der Waals surface area contributed by atoms with E-state index in [-0.39, 0.29) is 18.2 Å². The number of amides is 1. The van der Waals surface area contributed by atoms with Crippen molar-refractivity contribution in [2.75, 3.05) is 33.9 Å². The predicted octanol–water partition coefficient (Wildman–Crippen LogP) is 3.42. The zero-order valence-electron chi connectivity index (χ0n) is 16.8.